The molecule has 0 atom stereocenters. The van der Waals surface area contributed by atoms with E-state index in [0.29, 0.717) is 6.04 Å². The first-order chi connectivity index (χ1) is 9.85. The smallest absolute Gasteiger partial charge is 0.118 e. The SMILES string of the molecule is COc1ccc(C2CC(NCC3CCOCC3)C2)cc1. The van der Waals surface area contributed by atoms with E-state index in [1.165, 1.54) is 37.8 Å². The maximum absolute atomic E-state index is 5.40. The van der Waals surface area contributed by atoms with E-state index in [-0.39, 0.29) is 0 Å². The quantitative estimate of drug-likeness (QED) is 0.896. The number of methoxy groups -OCH3 is 1. The Morgan fingerprint density at radius 2 is 1.85 bits per heavy atom. The van der Waals surface area contributed by atoms with Gasteiger partial charge in [0.25, 0.3) is 0 Å². The Labute approximate surface area is 121 Å². The van der Waals surface area contributed by atoms with Crippen molar-refractivity contribution in [2.75, 3.05) is 26.9 Å². The lowest BCUT2D eigenvalue weighted by atomic mass is 9.75. The Balaban J connectivity index is 1.39. The second kappa shape index (κ2) is 6.59. The van der Waals surface area contributed by atoms with E-state index in [1.807, 2.05) is 0 Å². The second-order valence-electron chi connectivity index (χ2n) is 6.10. The summed E-state index contributed by atoms with van der Waals surface area (Å²) in [5.74, 6) is 2.50. The first kappa shape index (κ1) is 13.9. The number of benzene rings is 1. The van der Waals surface area contributed by atoms with E-state index in [0.717, 1.165) is 30.8 Å². The third-order valence-corrected chi connectivity index (χ3v) is 4.76. The van der Waals surface area contributed by atoms with Crippen molar-refractivity contribution in [2.24, 2.45) is 5.92 Å². The zero-order valence-corrected chi connectivity index (χ0v) is 12.3. The van der Waals surface area contributed by atoms with Gasteiger partial charge in [-0.1, -0.05) is 12.1 Å². The molecule has 2 fully saturated rings. The van der Waals surface area contributed by atoms with Crippen LogP contribution in [0.5, 0.6) is 5.75 Å². The van der Waals surface area contributed by atoms with Crippen molar-refractivity contribution in [3.63, 3.8) is 0 Å². The summed E-state index contributed by atoms with van der Waals surface area (Å²) in [5, 5.41) is 3.73. The van der Waals surface area contributed by atoms with Crippen molar-refractivity contribution in [3.8, 4) is 5.75 Å². The molecule has 1 heterocycles. The lowest BCUT2D eigenvalue weighted by Gasteiger charge is -2.37. The predicted molar refractivity (Wildman–Crippen MR) is 80.3 cm³/mol. The highest BCUT2D eigenvalue weighted by Crippen LogP contribution is 2.37. The topological polar surface area (TPSA) is 30.5 Å². The van der Waals surface area contributed by atoms with Crippen LogP contribution in [0, 0.1) is 5.92 Å². The number of ether oxygens (including phenoxy) is 2. The predicted octanol–water partition coefficient (Wildman–Crippen LogP) is 2.96. The Kier molecular flexibility index (Phi) is 4.58. The number of rotatable bonds is 5. The van der Waals surface area contributed by atoms with Gasteiger partial charge in [0, 0.05) is 19.3 Å². The van der Waals surface area contributed by atoms with E-state index >= 15 is 0 Å². The fraction of sp³-hybridized carbons (Fsp3) is 0.647. The standard InChI is InChI=1S/C17H25NO2/c1-19-17-4-2-14(3-5-17)15-10-16(11-15)18-12-13-6-8-20-9-7-13/h2-5,13,15-16,18H,6-12H2,1H3. The van der Waals surface area contributed by atoms with Crippen molar-refractivity contribution in [3.05, 3.63) is 29.8 Å². The van der Waals surface area contributed by atoms with Gasteiger partial charge in [0.05, 0.1) is 7.11 Å². The van der Waals surface area contributed by atoms with Gasteiger partial charge in [0.2, 0.25) is 0 Å². The lowest BCUT2D eigenvalue weighted by Crippen LogP contribution is -2.42. The highest BCUT2D eigenvalue weighted by Gasteiger charge is 2.30. The molecule has 0 unspecified atom stereocenters. The van der Waals surface area contributed by atoms with Crippen LogP contribution in [-0.4, -0.2) is 32.9 Å². The minimum atomic E-state index is 0.713. The number of hydrogen-bond donors (Lipinski definition) is 1. The van der Waals surface area contributed by atoms with Crippen molar-refractivity contribution < 1.29 is 9.47 Å². The maximum Gasteiger partial charge on any atom is 0.118 e. The summed E-state index contributed by atoms with van der Waals surface area (Å²) in [6, 6.07) is 9.26. The van der Waals surface area contributed by atoms with Crippen LogP contribution in [0.4, 0.5) is 0 Å². The molecule has 1 aliphatic heterocycles. The fourth-order valence-electron chi connectivity index (χ4n) is 3.22. The molecule has 20 heavy (non-hydrogen) atoms. The summed E-state index contributed by atoms with van der Waals surface area (Å²) >= 11 is 0. The van der Waals surface area contributed by atoms with Crippen LogP contribution in [0.15, 0.2) is 24.3 Å². The van der Waals surface area contributed by atoms with Gasteiger partial charge in [-0.2, -0.15) is 0 Å². The molecule has 110 valence electrons. The molecule has 1 aromatic carbocycles. The van der Waals surface area contributed by atoms with E-state index < -0.39 is 0 Å². The molecule has 0 spiro atoms. The zero-order chi connectivity index (χ0) is 13.8. The minimum absolute atomic E-state index is 0.713. The summed E-state index contributed by atoms with van der Waals surface area (Å²) in [4.78, 5) is 0. The van der Waals surface area contributed by atoms with Gasteiger partial charge >= 0.3 is 0 Å². The van der Waals surface area contributed by atoms with Gasteiger partial charge in [0.1, 0.15) is 5.75 Å². The zero-order valence-electron chi connectivity index (χ0n) is 12.3. The van der Waals surface area contributed by atoms with Crippen LogP contribution in [0.3, 0.4) is 0 Å². The van der Waals surface area contributed by atoms with E-state index in [4.69, 9.17) is 9.47 Å². The third-order valence-electron chi connectivity index (χ3n) is 4.76. The van der Waals surface area contributed by atoms with Crippen LogP contribution in [0.25, 0.3) is 0 Å². The largest absolute Gasteiger partial charge is 0.497 e. The van der Waals surface area contributed by atoms with Gasteiger partial charge in [0.15, 0.2) is 0 Å². The molecule has 1 N–H and O–H groups in total. The summed E-state index contributed by atoms with van der Waals surface area (Å²) in [5.41, 5.74) is 1.45. The molecule has 3 heteroatoms. The summed E-state index contributed by atoms with van der Waals surface area (Å²) in [6.07, 6.45) is 4.99. The number of nitrogens with one attached hydrogen (secondary N) is 1. The maximum atomic E-state index is 5.40. The van der Waals surface area contributed by atoms with Gasteiger partial charge in [-0.15, -0.1) is 0 Å². The molecule has 1 saturated carbocycles. The van der Waals surface area contributed by atoms with Crippen molar-refractivity contribution >= 4 is 0 Å². The van der Waals surface area contributed by atoms with Crippen molar-refractivity contribution in [1.29, 1.82) is 0 Å². The van der Waals surface area contributed by atoms with Crippen LogP contribution < -0.4 is 10.1 Å². The molecule has 3 nitrogen and oxygen atoms in total. The highest BCUT2D eigenvalue weighted by molar-refractivity contribution is 5.30. The van der Waals surface area contributed by atoms with Crippen LogP contribution in [0.2, 0.25) is 0 Å². The van der Waals surface area contributed by atoms with E-state index in [1.54, 1.807) is 7.11 Å². The monoisotopic (exact) mass is 275 g/mol. The third kappa shape index (κ3) is 3.33. The van der Waals surface area contributed by atoms with Gasteiger partial charge in [-0.25, -0.2) is 0 Å². The van der Waals surface area contributed by atoms with E-state index in [9.17, 15) is 0 Å². The molecule has 1 aliphatic carbocycles. The summed E-state index contributed by atoms with van der Waals surface area (Å²) in [6.45, 7) is 3.07. The van der Waals surface area contributed by atoms with E-state index in [2.05, 4.69) is 29.6 Å². The molecule has 0 aromatic heterocycles. The summed E-state index contributed by atoms with van der Waals surface area (Å²) in [7, 11) is 1.72. The van der Waals surface area contributed by atoms with Crippen molar-refractivity contribution in [1.82, 2.24) is 5.32 Å². The van der Waals surface area contributed by atoms with Crippen LogP contribution in [0.1, 0.15) is 37.2 Å². The van der Waals surface area contributed by atoms with Crippen LogP contribution >= 0.6 is 0 Å². The number of hydrogen-bond acceptors (Lipinski definition) is 3. The molecule has 3 rings (SSSR count). The average Bonchev–Trinajstić information content (AvgIpc) is 2.47. The molecule has 0 radical (unpaired) electrons. The van der Waals surface area contributed by atoms with Gasteiger partial charge in [-0.05, 0) is 61.8 Å². The molecular formula is C17H25NO2. The van der Waals surface area contributed by atoms with Crippen LogP contribution in [-0.2, 0) is 4.74 Å². The molecule has 2 aliphatic rings. The lowest BCUT2D eigenvalue weighted by molar-refractivity contribution is 0.0640. The van der Waals surface area contributed by atoms with Gasteiger partial charge < -0.3 is 14.8 Å². The average molecular weight is 275 g/mol. The first-order valence-corrected chi connectivity index (χ1v) is 7.80. The highest BCUT2D eigenvalue weighted by atomic mass is 16.5. The Morgan fingerprint density at radius 3 is 2.50 bits per heavy atom. The Hall–Kier alpha value is -1.06. The van der Waals surface area contributed by atoms with Crippen molar-refractivity contribution in [2.45, 2.75) is 37.6 Å². The molecule has 0 bridgehead atoms. The molecule has 1 aromatic rings. The Bertz CT molecular complexity index is 406. The second-order valence-corrected chi connectivity index (χ2v) is 6.10. The minimum Gasteiger partial charge on any atom is -0.497 e. The van der Waals surface area contributed by atoms with Gasteiger partial charge in [-0.3, -0.25) is 0 Å². The summed E-state index contributed by atoms with van der Waals surface area (Å²) < 4.78 is 10.6. The molecular weight excluding hydrogens is 250 g/mol. The normalized spacial score (nSPS) is 27.1. The Morgan fingerprint density at radius 1 is 1.15 bits per heavy atom. The fourth-order valence-corrected chi connectivity index (χ4v) is 3.22. The molecule has 0 amide bonds. The first-order valence-electron chi connectivity index (χ1n) is 7.80. The molecule has 1 saturated heterocycles.